The molecule has 0 unspecified atom stereocenters. The van der Waals surface area contributed by atoms with Crippen LogP contribution >= 0.6 is 0 Å². The molecule has 0 saturated carbocycles. The lowest BCUT2D eigenvalue weighted by atomic mass is 10.1. The second-order valence-electron chi connectivity index (χ2n) is 6.50. The van der Waals surface area contributed by atoms with Crippen molar-refractivity contribution in [2.75, 3.05) is 0 Å². The van der Waals surface area contributed by atoms with Crippen LogP contribution in [0.3, 0.4) is 0 Å². The molecule has 4 rings (SSSR count). The van der Waals surface area contributed by atoms with Crippen LogP contribution in [-0.4, -0.2) is 9.38 Å². The number of azo groups is 1. The highest BCUT2D eigenvalue weighted by Crippen LogP contribution is 2.33. The summed E-state index contributed by atoms with van der Waals surface area (Å²) in [4.78, 5) is 4.77. The molecule has 4 nitrogen and oxygen atoms in total. The van der Waals surface area contributed by atoms with E-state index in [2.05, 4.69) is 61.3 Å². The summed E-state index contributed by atoms with van der Waals surface area (Å²) in [6.45, 7) is 6.23. The molecule has 4 heteroatoms. The van der Waals surface area contributed by atoms with Crippen LogP contribution < -0.4 is 0 Å². The largest absolute Gasteiger partial charge is 0.283 e. The number of hydrogen-bond donors (Lipinski definition) is 0. The zero-order chi connectivity index (χ0) is 18.1. The van der Waals surface area contributed by atoms with Gasteiger partial charge in [-0.2, -0.15) is 0 Å². The smallest absolute Gasteiger partial charge is 0.187 e. The average Bonchev–Trinajstić information content (AvgIpc) is 3.02. The van der Waals surface area contributed by atoms with Gasteiger partial charge in [0.2, 0.25) is 0 Å². The van der Waals surface area contributed by atoms with E-state index in [4.69, 9.17) is 4.98 Å². The fourth-order valence-electron chi connectivity index (χ4n) is 2.93. The zero-order valence-electron chi connectivity index (χ0n) is 15.1. The maximum atomic E-state index is 4.77. The predicted octanol–water partition coefficient (Wildman–Crippen LogP) is 6.34. The summed E-state index contributed by atoms with van der Waals surface area (Å²) in [5.74, 6) is 0.741. The molecule has 128 valence electrons. The summed E-state index contributed by atoms with van der Waals surface area (Å²) in [5, 5.41) is 9.12. The van der Waals surface area contributed by atoms with Gasteiger partial charge < -0.3 is 0 Å². The van der Waals surface area contributed by atoms with E-state index in [1.807, 2.05) is 40.9 Å². The van der Waals surface area contributed by atoms with Gasteiger partial charge in [0.25, 0.3) is 0 Å². The van der Waals surface area contributed by atoms with E-state index in [9.17, 15) is 0 Å². The average molecular weight is 340 g/mol. The third kappa shape index (κ3) is 2.90. The Morgan fingerprint density at radius 1 is 0.808 bits per heavy atom. The van der Waals surface area contributed by atoms with Crippen LogP contribution in [0.15, 0.2) is 77.1 Å². The number of hydrogen-bond acceptors (Lipinski definition) is 3. The van der Waals surface area contributed by atoms with Crippen LogP contribution in [0.5, 0.6) is 0 Å². The van der Waals surface area contributed by atoms with Gasteiger partial charge in [-0.05, 0) is 50.1 Å². The molecule has 0 fully saturated rings. The van der Waals surface area contributed by atoms with E-state index in [0.717, 1.165) is 34.0 Å². The van der Waals surface area contributed by atoms with Crippen molar-refractivity contribution in [3.8, 4) is 11.3 Å². The third-order valence-corrected chi connectivity index (χ3v) is 4.66. The molecular formula is C22H20N4. The molecule has 2 aromatic heterocycles. The minimum absolute atomic E-state index is 0.741. The van der Waals surface area contributed by atoms with Gasteiger partial charge in [-0.25, -0.2) is 4.98 Å². The molecular weight excluding hydrogens is 320 g/mol. The van der Waals surface area contributed by atoms with Crippen molar-refractivity contribution in [2.45, 2.75) is 20.8 Å². The van der Waals surface area contributed by atoms with Crippen LogP contribution in [0.2, 0.25) is 0 Å². The van der Waals surface area contributed by atoms with Gasteiger partial charge in [0.05, 0.1) is 5.69 Å². The molecule has 0 aliphatic heterocycles. The Balaban J connectivity index is 1.87. The molecule has 2 heterocycles. The Bertz CT molecular complexity index is 1100. The van der Waals surface area contributed by atoms with Crippen LogP contribution in [0.1, 0.15) is 16.7 Å². The first kappa shape index (κ1) is 16.2. The number of aryl methyl sites for hydroxylation is 2. The summed E-state index contributed by atoms with van der Waals surface area (Å²) < 4.78 is 1.98. The summed E-state index contributed by atoms with van der Waals surface area (Å²) in [5.41, 5.74) is 7.18. The van der Waals surface area contributed by atoms with Crippen LogP contribution in [-0.2, 0) is 0 Å². The van der Waals surface area contributed by atoms with Crippen molar-refractivity contribution < 1.29 is 0 Å². The van der Waals surface area contributed by atoms with Crippen LogP contribution in [0.25, 0.3) is 16.9 Å². The number of imidazole rings is 1. The van der Waals surface area contributed by atoms with E-state index in [-0.39, 0.29) is 0 Å². The van der Waals surface area contributed by atoms with Gasteiger partial charge in [-0.3, -0.25) is 4.40 Å². The standard InChI is InChI=1S/C22H20N4/c1-15-10-12-18(13-11-15)21-22(26-14-5-4-9-20(26)23-21)25-24-19-8-6-7-16(2)17(19)3/h4-14H,1-3H3. The maximum Gasteiger partial charge on any atom is 0.187 e. The second-order valence-corrected chi connectivity index (χ2v) is 6.50. The minimum Gasteiger partial charge on any atom is -0.283 e. The highest BCUT2D eigenvalue weighted by atomic mass is 15.2. The Labute approximate surface area is 152 Å². The van der Waals surface area contributed by atoms with E-state index in [1.165, 1.54) is 11.1 Å². The number of benzene rings is 2. The molecule has 0 spiro atoms. The summed E-state index contributed by atoms with van der Waals surface area (Å²) in [7, 11) is 0. The van der Waals surface area contributed by atoms with Gasteiger partial charge in [-0.1, -0.05) is 48.0 Å². The molecule has 0 N–H and O–H groups in total. The lowest BCUT2D eigenvalue weighted by Gasteiger charge is -2.03. The van der Waals surface area contributed by atoms with Crippen molar-refractivity contribution in [2.24, 2.45) is 10.2 Å². The minimum atomic E-state index is 0.741. The number of fused-ring (bicyclic) bond motifs is 1. The van der Waals surface area contributed by atoms with Crippen molar-refractivity contribution in [3.05, 3.63) is 83.6 Å². The first-order valence-corrected chi connectivity index (χ1v) is 8.65. The SMILES string of the molecule is Cc1ccc(-c2nc3ccccn3c2N=Nc2cccc(C)c2C)cc1. The summed E-state index contributed by atoms with van der Waals surface area (Å²) >= 11 is 0. The van der Waals surface area contributed by atoms with Gasteiger partial charge in [-0.15, -0.1) is 10.2 Å². The highest BCUT2D eigenvalue weighted by Gasteiger charge is 2.13. The number of rotatable bonds is 3. The molecule has 0 aliphatic carbocycles. The molecule has 0 radical (unpaired) electrons. The van der Waals surface area contributed by atoms with E-state index in [1.54, 1.807) is 0 Å². The lowest BCUT2D eigenvalue weighted by Crippen LogP contribution is -1.83. The third-order valence-electron chi connectivity index (χ3n) is 4.66. The maximum absolute atomic E-state index is 4.77. The first-order chi connectivity index (χ1) is 12.6. The van der Waals surface area contributed by atoms with Gasteiger partial charge in [0, 0.05) is 11.8 Å². The second kappa shape index (κ2) is 6.56. The van der Waals surface area contributed by atoms with E-state index >= 15 is 0 Å². The molecule has 0 saturated heterocycles. The Morgan fingerprint density at radius 2 is 1.62 bits per heavy atom. The topological polar surface area (TPSA) is 42.0 Å². The van der Waals surface area contributed by atoms with Gasteiger partial charge >= 0.3 is 0 Å². The summed E-state index contributed by atoms with van der Waals surface area (Å²) in [6.07, 6.45) is 1.97. The lowest BCUT2D eigenvalue weighted by molar-refractivity contribution is 1.10. The Kier molecular flexibility index (Phi) is 4.09. The Morgan fingerprint density at radius 3 is 2.42 bits per heavy atom. The van der Waals surface area contributed by atoms with Gasteiger partial charge in [0.15, 0.2) is 5.82 Å². The normalized spacial score (nSPS) is 11.5. The van der Waals surface area contributed by atoms with Gasteiger partial charge in [0.1, 0.15) is 11.3 Å². The molecule has 0 aliphatic rings. The molecule has 2 aromatic carbocycles. The molecule has 0 amide bonds. The van der Waals surface area contributed by atoms with Crippen molar-refractivity contribution in [1.29, 1.82) is 0 Å². The summed E-state index contributed by atoms with van der Waals surface area (Å²) in [6, 6.07) is 20.3. The van der Waals surface area contributed by atoms with E-state index < -0.39 is 0 Å². The quantitative estimate of drug-likeness (QED) is 0.401. The van der Waals surface area contributed by atoms with E-state index in [0.29, 0.717) is 0 Å². The predicted molar refractivity (Wildman–Crippen MR) is 105 cm³/mol. The van der Waals surface area contributed by atoms with Crippen molar-refractivity contribution >= 4 is 17.2 Å². The molecule has 0 atom stereocenters. The van der Waals surface area contributed by atoms with Crippen molar-refractivity contribution in [3.63, 3.8) is 0 Å². The Hall–Kier alpha value is -3.27. The molecule has 26 heavy (non-hydrogen) atoms. The van der Waals surface area contributed by atoms with Crippen LogP contribution in [0.4, 0.5) is 11.5 Å². The number of nitrogens with zero attached hydrogens (tertiary/aromatic N) is 4. The fraction of sp³-hybridized carbons (Fsp3) is 0.136. The molecule has 4 aromatic rings. The number of aromatic nitrogens is 2. The van der Waals surface area contributed by atoms with Crippen LogP contribution in [0, 0.1) is 20.8 Å². The fourth-order valence-corrected chi connectivity index (χ4v) is 2.93. The molecule has 0 bridgehead atoms. The highest BCUT2D eigenvalue weighted by molar-refractivity contribution is 5.74. The van der Waals surface area contributed by atoms with Crippen molar-refractivity contribution in [1.82, 2.24) is 9.38 Å². The monoisotopic (exact) mass is 340 g/mol. The zero-order valence-corrected chi connectivity index (χ0v) is 15.1. The number of pyridine rings is 1. The first-order valence-electron chi connectivity index (χ1n) is 8.65.